The molecule has 2 heterocycles. The van der Waals surface area contributed by atoms with Gasteiger partial charge in [-0.05, 0) is 30.8 Å². The third-order valence-electron chi connectivity index (χ3n) is 2.35. The van der Waals surface area contributed by atoms with Gasteiger partial charge in [0.2, 0.25) is 5.89 Å². The molecule has 2 atom stereocenters. The average molecular weight is 248 g/mol. The second-order valence-electron chi connectivity index (χ2n) is 3.67. The SMILES string of the molecule is CC(Cl)c1nnc(NCC2CCSC2)o1. The number of halogens is 1. The van der Waals surface area contributed by atoms with Gasteiger partial charge in [-0.1, -0.05) is 5.10 Å². The molecule has 0 aliphatic carbocycles. The molecule has 2 rings (SSSR count). The third-order valence-corrected chi connectivity index (χ3v) is 3.77. The van der Waals surface area contributed by atoms with Crippen molar-refractivity contribution in [2.75, 3.05) is 23.4 Å². The Morgan fingerprint density at radius 3 is 3.13 bits per heavy atom. The lowest BCUT2D eigenvalue weighted by Crippen LogP contribution is -2.13. The van der Waals surface area contributed by atoms with E-state index in [1.54, 1.807) is 0 Å². The predicted molar refractivity (Wildman–Crippen MR) is 62.5 cm³/mol. The molecule has 1 aromatic heterocycles. The van der Waals surface area contributed by atoms with Crippen molar-refractivity contribution in [2.45, 2.75) is 18.7 Å². The Kier molecular flexibility index (Phi) is 3.75. The number of alkyl halides is 1. The Hall–Kier alpha value is -0.420. The van der Waals surface area contributed by atoms with Crippen LogP contribution in [-0.4, -0.2) is 28.2 Å². The summed E-state index contributed by atoms with van der Waals surface area (Å²) in [5, 5.41) is 10.6. The maximum Gasteiger partial charge on any atom is 0.315 e. The molecule has 6 heteroatoms. The van der Waals surface area contributed by atoms with Gasteiger partial charge in [0.25, 0.3) is 0 Å². The van der Waals surface area contributed by atoms with Crippen molar-refractivity contribution in [2.24, 2.45) is 5.92 Å². The number of thioether (sulfide) groups is 1. The molecule has 1 saturated heterocycles. The van der Waals surface area contributed by atoms with Gasteiger partial charge < -0.3 is 9.73 Å². The Morgan fingerprint density at radius 1 is 1.67 bits per heavy atom. The average Bonchev–Trinajstić information content (AvgIpc) is 2.86. The summed E-state index contributed by atoms with van der Waals surface area (Å²) < 4.78 is 5.33. The summed E-state index contributed by atoms with van der Waals surface area (Å²) in [6.07, 6.45) is 1.27. The lowest BCUT2D eigenvalue weighted by molar-refractivity contribution is 0.500. The molecule has 0 amide bonds. The highest BCUT2D eigenvalue weighted by Gasteiger charge is 2.16. The number of rotatable bonds is 4. The van der Waals surface area contributed by atoms with Crippen LogP contribution in [0.4, 0.5) is 6.01 Å². The summed E-state index contributed by atoms with van der Waals surface area (Å²) in [6, 6.07) is 0.481. The molecule has 0 saturated carbocycles. The summed E-state index contributed by atoms with van der Waals surface area (Å²) >= 11 is 7.82. The predicted octanol–water partition coefficient (Wildman–Crippen LogP) is 2.53. The van der Waals surface area contributed by atoms with Crippen molar-refractivity contribution in [1.29, 1.82) is 0 Å². The molecule has 1 fully saturated rings. The van der Waals surface area contributed by atoms with Crippen molar-refractivity contribution in [3.8, 4) is 0 Å². The minimum absolute atomic E-state index is 0.227. The number of hydrogen-bond acceptors (Lipinski definition) is 5. The molecule has 1 aliphatic heterocycles. The van der Waals surface area contributed by atoms with Gasteiger partial charge in [0, 0.05) is 6.54 Å². The minimum atomic E-state index is -0.227. The molecule has 1 aliphatic rings. The number of hydrogen-bond donors (Lipinski definition) is 1. The molecular weight excluding hydrogens is 234 g/mol. The summed E-state index contributed by atoms with van der Waals surface area (Å²) in [4.78, 5) is 0. The van der Waals surface area contributed by atoms with Crippen molar-refractivity contribution in [3.05, 3.63) is 5.89 Å². The van der Waals surface area contributed by atoms with E-state index in [9.17, 15) is 0 Å². The lowest BCUT2D eigenvalue weighted by atomic mass is 10.1. The van der Waals surface area contributed by atoms with Gasteiger partial charge in [-0.2, -0.15) is 11.8 Å². The lowest BCUT2D eigenvalue weighted by Gasteiger charge is -2.06. The quantitative estimate of drug-likeness (QED) is 0.829. The third kappa shape index (κ3) is 3.01. The number of aromatic nitrogens is 2. The van der Waals surface area contributed by atoms with Crippen molar-refractivity contribution in [3.63, 3.8) is 0 Å². The van der Waals surface area contributed by atoms with Crippen molar-refractivity contribution in [1.82, 2.24) is 10.2 Å². The first kappa shape index (κ1) is 11.1. The van der Waals surface area contributed by atoms with Gasteiger partial charge in [-0.25, -0.2) is 0 Å². The zero-order valence-corrected chi connectivity index (χ0v) is 10.1. The van der Waals surface area contributed by atoms with E-state index in [1.807, 2.05) is 18.7 Å². The second kappa shape index (κ2) is 5.07. The standard InChI is InChI=1S/C9H14ClN3OS/c1-6(10)8-12-13-9(14-8)11-4-7-2-3-15-5-7/h6-7H,2-5H2,1H3,(H,11,13). The van der Waals surface area contributed by atoms with Crippen LogP contribution in [0.5, 0.6) is 0 Å². The van der Waals surface area contributed by atoms with Crippen LogP contribution in [0.25, 0.3) is 0 Å². The molecule has 15 heavy (non-hydrogen) atoms. The fourth-order valence-electron chi connectivity index (χ4n) is 1.44. The first-order valence-corrected chi connectivity index (χ1v) is 6.64. The molecule has 0 aromatic carbocycles. The Balaban J connectivity index is 1.82. The van der Waals surface area contributed by atoms with Gasteiger partial charge in [0.15, 0.2) is 0 Å². The molecule has 1 N–H and O–H groups in total. The maximum atomic E-state index is 5.82. The summed E-state index contributed by atoms with van der Waals surface area (Å²) in [7, 11) is 0. The molecule has 4 nitrogen and oxygen atoms in total. The smallest absolute Gasteiger partial charge is 0.315 e. The van der Waals surface area contributed by atoms with Gasteiger partial charge >= 0.3 is 6.01 Å². The van der Waals surface area contributed by atoms with E-state index in [4.69, 9.17) is 16.0 Å². The highest BCUT2D eigenvalue weighted by Crippen LogP contribution is 2.24. The monoisotopic (exact) mass is 247 g/mol. The van der Waals surface area contributed by atoms with E-state index in [-0.39, 0.29) is 5.38 Å². The van der Waals surface area contributed by atoms with E-state index in [0.717, 1.165) is 12.5 Å². The first-order valence-electron chi connectivity index (χ1n) is 5.05. The van der Waals surface area contributed by atoms with E-state index in [1.165, 1.54) is 17.9 Å². The molecular formula is C9H14ClN3OS. The van der Waals surface area contributed by atoms with Gasteiger partial charge in [-0.15, -0.1) is 16.7 Å². The summed E-state index contributed by atoms with van der Waals surface area (Å²) in [6.45, 7) is 2.72. The van der Waals surface area contributed by atoms with Gasteiger partial charge in [0.1, 0.15) is 5.38 Å². The molecule has 0 spiro atoms. The van der Waals surface area contributed by atoms with Crippen LogP contribution < -0.4 is 5.32 Å². The fourth-order valence-corrected chi connectivity index (χ4v) is 2.82. The van der Waals surface area contributed by atoms with Crippen LogP contribution in [0.3, 0.4) is 0 Å². The summed E-state index contributed by atoms with van der Waals surface area (Å²) in [5.41, 5.74) is 0. The highest BCUT2D eigenvalue weighted by molar-refractivity contribution is 7.99. The number of nitrogens with one attached hydrogen (secondary N) is 1. The maximum absolute atomic E-state index is 5.82. The largest absolute Gasteiger partial charge is 0.407 e. The van der Waals surface area contributed by atoms with Crippen LogP contribution in [0.1, 0.15) is 24.6 Å². The number of nitrogens with zero attached hydrogens (tertiary/aromatic N) is 2. The van der Waals surface area contributed by atoms with Crippen LogP contribution in [0.15, 0.2) is 4.42 Å². The molecule has 84 valence electrons. The summed E-state index contributed by atoms with van der Waals surface area (Å²) in [5.74, 6) is 3.68. The Labute approximate surface area is 98.2 Å². The van der Waals surface area contributed by atoms with Gasteiger partial charge in [0.05, 0.1) is 0 Å². The van der Waals surface area contributed by atoms with E-state index < -0.39 is 0 Å². The Morgan fingerprint density at radius 2 is 2.53 bits per heavy atom. The van der Waals surface area contributed by atoms with E-state index >= 15 is 0 Å². The minimum Gasteiger partial charge on any atom is -0.407 e. The first-order chi connectivity index (χ1) is 7.25. The van der Waals surface area contributed by atoms with Crippen LogP contribution >= 0.6 is 23.4 Å². The highest BCUT2D eigenvalue weighted by atomic mass is 35.5. The van der Waals surface area contributed by atoms with E-state index in [0.29, 0.717) is 11.9 Å². The normalized spacial score (nSPS) is 22.9. The van der Waals surface area contributed by atoms with Crippen LogP contribution in [0, 0.1) is 5.92 Å². The van der Waals surface area contributed by atoms with Crippen LogP contribution in [-0.2, 0) is 0 Å². The Bertz CT molecular complexity index is 312. The molecule has 2 unspecified atom stereocenters. The molecule has 0 bridgehead atoms. The molecule has 1 aromatic rings. The zero-order chi connectivity index (χ0) is 10.7. The fraction of sp³-hybridized carbons (Fsp3) is 0.778. The van der Waals surface area contributed by atoms with Gasteiger partial charge in [-0.3, -0.25) is 0 Å². The zero-order valence-electron chi connectivity index (χ0n) is 8.57. The van der Waals surface area contributed by atoms with Crippen molar-refractivity contribution < 1.29 is 4.42 Å². The second-order valence-corrected chi connectivity index (χ2v) is 5.48. The topological polar surface area (TPSA) is 51.0 Å². The van der Waals surface area contributed by atoms with Crippen LogP contribution in [0.2, 0.25) is 0 Å². The molecule has 0 radical (unpaired) electrons. The van der Waals surface area contributed by atoms with Crippen molar-refractivity contribution >= 4 is 29.4 Å². The number of anilines is 1. The van der Waals surface area contributed by atoms with E-state index in [2.05, 4.69) is 15.5 Å².